The van der Waals surface area contributed by atoms with E-state index in [1.54, 1.807) is 24.3 Å². The van der Waals surface area contributed by atoms with E-state index in [0.717, 1.165) is 41.2 Å². The van der Waals surface area contributed by atoms with Gasteiger partial charge < -0.3 is 9.80 Å². The third-order valence-corrected chi connectivity index (χ3v) is 5.99. The Balaban J connectivity index is 1.50. The normalized spacial score (nSPS) is 14.3. The number of aromatic nitrogens is 2. The number of halogens is 2. The van der Waals surface area contributed by atoms with E-state index in [9.17, 15) is 13.6 Å². The summed E-state index contributed by atoms with van der Waals surface area (Å²) >= 11 is 0. The molecule has 0 N–H and O–H groups in total. The average Bonchev–Trinajstić information content (AvgIpc) is 3.03. The summed E-state index contributed by atoms with van der Waals surface area (Å²) in [5, 5.41) is 0. The lowest BCUT2D eigenvalue weighted by Gasteiger charge is -2.26. The molecule has 0 atom stereocenters. The summed E-state index contributed by atoms with van der Waals surface area (Å²) in [7, 11) is 0. The second kappa shape index (κ2) is 10.1. The first-order chi connectivity index (χ1) is 15.9. The maximum atomic E-state index is 13.7. The van der Waals surface area contributed by atoms with Crippen LogP contribution in [-0.2, 0) is 17.6 Å². The van der Waals surface area contributed by atoms with Gasteiger partial charge in [-0.2, -0.15) is 0 Å². The molecule has 0 radical (unpaired) electrons. The standard InChI is InChI=1S/C26H28F2N4O/c1-18-24(16-21-5-3-6-23(28)15-21)26(30-19(2)29-18)32-12-4-11-31(13-14-32)25(33)17-20-7-9-22(27)10-8-20/h3,5-10,15H,4,11-14,16-17H2,1-2H3. The van der Waals surface area contributed by atoms with Crippen LogP contribution >= 0.6 is 0 Å². The number of anilines is 1. The van der Waals surface area contributed by atoms with Crippen molar-refractivity contribution in [2.75, 3.05) is 31.1 Å². The van der Waals surface area contributed by atoms with Crippen LogP contribution in [0.2, 0.25) is 0 Å². The largest absolute Gasteiger partial charge is 0.354 e. The molecule has 1 aliphatic rings. The zero-order valence-electron chi connectivity index (χ0n) is 19.0. The highest BCUT2D eigenvalue weighted by molar-refractivity contribution is 5.79. The molecule has 0 saturated carbocycles. The van der Waals surface area contributed by atoms with Crippen molar-refractivity contribution < 1.29 is 13.6 Å². The molecule has 0 spiro atoms. The van der Waals surface area contributed by atoms with Crippen LogP contribution in [0.5, 0.6) is 0 Å². The zero-order valence-corrected chi connectivity index (χ0v) is 19.0. The molecule has 0 unspecified atom stereocenters. The SMILES string of the molecule is Cc1nc(C)c(Cc2cccc(F)c2)c(N2CCCN(C(=O)Cc3ccc(F)cc3)CC2)n1. The molecule has 2 heterocycles. The highest BCUT2D eigenvalue weighted by atomic mass is 19.1. The van der Waals surface area contributed by atoms with Crippen molar-refractivity contribution in [2.45, 2.75) is 33.1 Å². The van der Waals surface area contributed by atoms with Crippen LogP contribution in [0.4, 0.5) is 14.6 Å². The maximum Gasteiger partial charge on any atom is 0.227 e. The molecule has 0 bridgehead atoms. The monoisotopic (exact) mass is 450 g/mol. The molecule has 1 fully saturated rings. The van der Waals surface area contributed by atoms with E-state index in [4.69, 9.17) is 4.98 Å². The summed E-state index contributed by atoms with van der Waals surface area (Å²) in [6.45, 7) is 6.51. The van der Waals surface area contributed by atoms with Crippen molar-refractivity contribution in [3.8, 4) is 0 Å². The Morgan fingerprint density at radius 2 is 1.70 bits per heavy atom. The number of hydrogen-bond donors (Lipinski definition) is 0. The number of aryl methyl sites for hydroxylation is 2. The molecule has 2 aromatic carbocycles. The van der Waals surface area contributed by atoms with Gasteiger partial charge >= 0.3 is 0 Å². The third kappa shape index (κ3) is 5.72. The lowest BCUT2D eigenvalue weighted by molar-refractivity contribution is -0.130. The fourth-order valence-corrected chi connectivity index (χ4v) is 4.30. The first kappa shape index (κ1) is 22.8. The van der Waals surface area contributed by atoms with E-state index < -0.39 is 0 Å². The lowest BCUT2D eigenvalue weighted by Crippen LogP contribution is -2.36. The van der Waals surface area contributed by atoms with Crippen molar-refractivity contribution in [3.63, 3.8) is 0 Å². The Hall–Kier alpha value is -3.35. The first-order valence-electron chi connectivity index (χ1n) is 11.2. The van der Waals surface area contributed by atoms with Gasteiger partial charge in [0.1, 0.15) is 23.3 Å². The maximum absolute atomic E-state index is 13.7. The van der Waals surface area contributed by atoms with Crippen molar-refractivity contribution in [1.29, 1.82) is 0 Å². The van der Waals surface area contributed by atoms with Crippen LogP contribution in [0.1, 0.15) is 34.6 Å². The van der Waals surface area contributed by atoms with Crippen LogP contribution in [0.25, 0.3) is 0 Å². The lowest BCUT2D eigenvalue weighted by atomic mass is 10.0. The number of carbonyl (C=O) groups excluding carboxylic acids is 1. The van der Waals surface area contributed by atoms with Gasteiger partial charge in [-0.05, 0) is 55.7 Å². The highest BCUT2D eigenvalue weighted by Gasteiger charge is 2.23. The van der Waals surface area contributed by atoms with Crippen molar-refractivity contribution in [3.05, 3.63) is 88.4 Å². The van der Waals surface area contributed by atoms with Gasteiger partial charge in [0.2, 0.25) is 5.91 Å². The topological polar surface area (TPSA) is 49.3 Å². The van der Waals surface area contributed by atoms with Gasteiger partial charge in [0.25, 0.3) is 0 Å². The molecule has 7 heteroatoms. The van der Waals surface area contributed by atoms with Gasteiger partial charge in [0.05, 0.1) is 6.42 Å². The molecule has 3 aromatic rings. The first-order valence-corrected chi connectivity index (χ1v) is 11.2. The quantitative estimate of drug-likeness (QED) is 0.583. The van der Waals surface area contributed by atoms with Crippen LogP contribution in [0, 0.1) is 25.5 Å². The van der Waals surface area contributed by atoms with Crippen LogP contribution in [0.3, 0.4) is 0 Å². The van der Waals surface area contributed by atoms with Gasteiger partial charge in [-0.15, -0.1) is 0 Å². The fourth-order valence-electron chi connectivity index (χ4n) is 4.30. The average molecular weight is 451 g/mol. The highest BCUT2D eigenvalue weighted by Crippen LogP contribution is 2.25. The summed E-state index contributed by atoms with van der Waals surface area (Å²) in [6, 6.07) is 12.7. The zero-order chi connectivity index (χ0) is 23.4. The molecule has 4 rings (SSSR count). The predicted octanol–water partition coefficient (Wildman–Crippen LogP) is 4.24. The molecule has 172 valence electrons. The van der Waals surface area contributed by atoms with Crippen molar-refractivity contribution in [1.82, 2.24) is 14.9 Å². The van der Waals surface area contributed by atoms with E-state index in [1.165, 1.54) is 18.2 Å². The Morgan fingerprint density at radius 1 is 0.909 bits per heavy atom. The minimum absolute atomic E-state index is 0.0403. The summed E-state index contributed by atoms with van der Waals surface area (Å²) < 4.78 is 26.9. The molecule has 1 saturated heterocycles. The Labute approximate surface area is 193 Å². The molecule has 5 nitrogen and oxygen atoms in total. The van der Waals surface area contributed by atoms with E-state index in [-0.39, 0.29) is 24.0 Å². The number of hydrogen-bond acceptors (Lipinski definition) is 4. The van der Waals surface area contributed by atoms with Crippen molar-refractivity contribution in [2.24, 2.45) is 0 Å². The van der Waals surface area contributed by atoms with Gasteiger partial charge in [0.15, 0.2) is 0 Å². The minimum Gasteiger partial charge on any atom is -0.354 e. The summed E-state index contributed by atoms with van der Waals surface area (Å²) in [5.74, 6) is 1.03. The van der Waals surface area contributed by atoms with E-state index >= 15 is 0 Å². The molecular weight excluding hydrogens is 422 g/mol. The molecule has 1 aromatic heterocycles. The molecule has 33 heavy (non-hydrogen) atoms. The Kier molecular flexibility index (Phi) is 6.96. The summed E-state index contributed by atoms with van der Waals surface area (Å²) in [6.07, 6.45) is 1.62. The van der Waals surface area contributed by atoms with Gasteiger partial charge in [-0.25, -0.2) is 18.7 Å². The number of rotatable bonds is 5. The van der Waals surface area contributed by atoms with Crippen LogP contribution in [0.15, 0.2) is 48.5 Å². The molecule has 1 amide bonds. The summed E-state index contributed by atoms with van der Waals surface area (Å²) in [5.41, 5.74) is 3.55. The van der Waals surface area contributed by atoms with Gasteiger partial charge in [-0.3, -0.25) is 4.79 Å². The predicted molar refractivity (Wildman–Crippen MR) is 124 cm³/mol. The number of nitrogens with zero attached hydrogens (tertiary/aromatic N) is 4. The molecule has 0 aliphatic carbocycles. The Bertz CT molecular complexity index is 1130. The molecular formula is C26H28F2N4O. The van der Waals surface area contributed by atoms with Gasteiger partial charge in [0, 0.05) is 43.9 Å². The number of benzene rings is 2. The second-order valence-corrected chi connectivity index (χ2v) is 8.49. The number of amides is 1. The van der Waals surface area contributed by atoms with E-state index in [1.807, 2.05) is 24.8 Å². The van der Waals surface area contributed by atoms with Crippen molar-refractivity contribution >= 4 is 11.7 Å². The summed E-state index contributed by atoms with van der Waals surface area (Å²) in [4.78, 5) is 26.2. The Morgan fingerprint density at radius 3 is 2.45 bits per heavy atom. The molecule has 1 aliphatic heterocycles. The minimum atomic E-state index is -0.305. The van der Waals surface area contributed by atoms with Crippen LogP contribution in [-0.4, -0.2) is 47.0 Å². The fraction of sp³-hybridized carbons (Fsp3) is 0.346. The third-order valence-electron chi connectivity index (χ3n) is 5.99. The van der Waals surface area contributed by atoms with E-state index in [2.05, 4.69) is 9.88 Å². The van der Waals surface area contributed by atoms with E-state index in [0.29, 0.717) is 31.9 Å². The van der Waals surface area contributed by atoms with Gasteiger partial charge in [-0.1, -0.05) is 24.3 Å². The smallest absolute Gasteiger partial charge is 0.227 e. The second-order valence-electron chi connectivity index (χ2n) is 8.49. The number of carbonyl (C=O) groups is 1. The van der Waals surface area contributed by atoms with Crippen LogP contribution < -0.4 is 4.90 Å².